The fourth-order valence-corrected chi connectivity index (χ4v) is 2.82. The van der Waals surface area contributed by atoms with Crippen LogP contribution in [0.3, 0.4) is 0 Å². The Balaban J connectivity index is 1.74. The summed E-state index contributed by atoms with van der Waals surface area (Å²) >= 11 is 6.14. The van der Waals surface area contributed by atoms with E-state index in [1.54, 1.807) is 34.0 Å². The molecule has 0 spiro atoms. The van der Waals surface area contributed by atoms with Gasteiger partial charge in [0.05, 0.1) is 29.8 Å². The monoisotopic (exact) mass is 349 g/mol. The molecule has 0 aliphatic carbocycles. The first-order chi connectivity index (χ1) is 11.5. The van der Waals surface area contributed by atoms with Gasteiger partial charge in [0.15, 0.2) is 5.69 Å². The molecule has 1 aliphatic rings. The number of morpholine rings is 1. The minimum Gasteiger partial charge on any atom is -0.481 e. The first-order valence-electron chi connectivity index (χ1n) is 7.48. The Morgan fingerprint density at radius 1 is 1.33 bits per heavy atom. The average molecular weight is 350 g/mol. The van der Waals surface area contributed by atoms with Gasteiger partial charge in [-0.05, 0) is 18.2 Å². The molecule has 1 aromatic carbocycles. The van der Waals surface area contributed by atoms with Gasteiger partial charge in [0.2, 0.25) is 0 Å². The van der Waals surface area contributed by atoms with Gasteiger partial charge in [-0.1, -0.05) is 23.7 Å². The molecule has 1 saturated heterocycles. The maximum absolute atomic E-state index is 12.6. The fraction of sp³-hybridized carbons (Fsp3) is 0.312. The molecule has 1 atom stereocenters. The topological polar surface area (TPSA) is 84.7 Å². The molecule has 1 amide bonds. The highest BCUT2D eigenvalue weighted by Crippen LogP contribution is 2.19. The molecule has 7 nitrogen and oxygen atoms in total. The summed E-state index contributed by atoms with van der Waals surface area (Å²) in [6.45, 7) is 0.965. The molecule has 24 heavy (non-hydrogen) atoms. The predicted molar refractivity (Wildman–Crippen MR) is 86.5 cm³/mol. The Morgan fingerprint density at radius 3 is 2.88 bits per heavy atom. The standard InChI is InChI=1S/C16H16ClN3O4/c17-12-3-1-2-4-14(12)20-6-5-13(18-20)16(23)19-7-8-24-11(10-19)9-15(21)22/h1-6,11H,7-10H2,(H,21,22). The van der Waals surface area contributed by atoms with Crippen molar-refractivity contribution in [2.45, 2.75) is 12.5 Å². The number of ether oxygens (including phenoxy) is 1. The summed E-state index contributed by atoms with van der Waals surface area (Å²) in [6, 6.07) is 8.83. The number of hydrogen-bond donors (Lipinski definition) is 1. The van der Waals surface area contributed by atoms with E-state index in [0.717, 1.165) is 0 Å². The zero-order chi connectivity index (χ0) is 17.1. The molecule has 0 bridgehead atoms. The summed E-state index contributed by atoms with van der Waals surface area (Å²) in [6.07, 6.45) is 1.05. The fourth-order valence-electron chi connectivity index (χ4n) is 2.59. The highest BCUT2D eigenvalue weighted by molar-refractivity contribution is 6.32. The number of benzene rings is 1. The van der Waals surface area contributed by atoms with Gasteiger partial charge >= 0.3 is 5.97 Å². The third-order valence-electron chi connectivity index (χ3n) is 3.74. The first kappa shape index (κ1) is 16.5. The van der Waals surface area contributed by atoms with Crippen LogP contribution in [0.25, 0.3) is 5.69 Å². The third-order valence-corrected chi connectivity index (χ3v) is 4.06. The molecule has 1 aromatic heterocycles. The minimum atomic E-state index is -0.947. The number of halogens is 1. The van der Waals surface area contributed by atoms with Gasteiger partial charge in [-0.25, -0.2) is 4.68 Å². The van der Waals surface area contributed by atoms with Gasteiger partial charge in [-0.15, -0.1) is 0 Å². The summed E-state index contributed by atoms with van der Waals surface area (Å²) in [5.41, 5.74) is 0.967. The minimum absolute atomic E-state index is 0.127. The van der Waals surface area contributed by atoms with E-state index in [-0.39, 0.29) is 24.6 Å². The highest BCUT2D eigenvalue weighted by atomic mass is 35.5. The van der Waals surface area contributed by atoms with Gasteiger partial charge in [0.25, 0.3) is 5.91 Å². The van der Waals surface area contributed by atoms with Crippen LogP contribution in [0.15, 0.2) is 36.5 Å². The van der Waals surface area contributed by atoms with Crippen LogP contribution in [0.2, 0.25) is 5.02 Å². The second-order valence-electron chi connectivity index (χ2n) is 5.44. The molecule has 1 unspecified atom stereocenters. The molecule has 1 N–H and O–H groups in total. The predicted octanol–water partition coefficient (Wildman–Crippen LogP) is 1.84. The number of para-hydroxylation sites is 1. The second kappa shape index (κ2) is 7.02. The summed E-state index contributed by atoms with van der Waals surface area (Å²) in [4.78, 5) is 24.9. The largest absolute Gasteiger partial charge is 0.481 e. The van der Waals surface area contributed by atoms with Crippen LogP contribution in [0.4, 0.5) is 0 Å². The third kappa shape index (κ3) is 3.58. The zero-order valence-electron chi connectivity index (χ0n) is 12.8. The van der Waals surface area contributed by atoms with Crippen molar-refractivity contribution in [2.75, 3.05) is 19.7 Å². The molecule has 0 radical (unpaired) electrons. The molecule has 126 valence electrons. The van der Waals surface area contributed by atoms with Gasteiger partial charge in [-0.2, -0.15) is 5.10 Å². The lowest BCUT2D eigenvalue weighted by Gasteiger charge is -2.31. The van der Waals surface area contributed by atoms with E-state index < -0.39 is 12.1 Å². The lowest BCUT2D eigenvalue weighted by molar-refractivity contribution is -0.141. The summed E-state index contributed by atoms with van der Waals surface area (Å²) in [7, 11) is 0. The lowest BCUT2D eigenvalue weighted by Crippen LogP contribution is -2.46. The van der Waals surface area contributed by atoms with Crippen LogP contribution >= 0.6 is 11.6 Å². The zero-order valence-corrected chi connectivity index (χ0v) is 13.5. The van der Waals surface area contributed by atoms with Gasteiger partial charge in [-0.3, -0.25) is 9.59 Å². The van der Waals surface area contributed by atoms with Crippen molar-refractivity contribution < 1.29 is 19.4 Å². The molecule has 2 heterocycles. The SMILES string of the molecule is O=C(O)CC1CN(C(=O)c2ccn(-c3ccccc3Cl)n2)CCO1. The normalized spacial score (nSPS) is 17.7. The van der Waals surface area contributed by atoms with E-state index in [1.807, 2.05) is 12.1 Å². The van der Waals surface area contributed by atoms with E-state index in [9.17, 15) is 9.59 Å². The molecule has 0 saturated carbocycles. The Kier molecular flexibility index (Phi) is 4.82. The summed E-state index contributed by atoms with van der Waals surface area (Å²) in [5.74, 6) is -1.20. The smallest absolute Gasteiger partial charge is 0.306 e. The summed E-state index contributed by atoms with van der Waals surface area (Å²) in [5, 5.41) is 13.7. The maximum atomic E-state index is 12.6. The second-order valence-corrected chi connectivity index (χ2v) is 5.85. The van der Waals surface area contributed by atoms with Gasteiger partial charge < -0.3 is 14.7 Å². The molecule has 1 fully saturated rings. The Labute approximate surface area is 143 Å². The van der Waals surface area contributed by atoms with Gasteiger partial charge in [0, 0.05) is 19.3 Å². The highest BCUT2D eigenvalue weighted by Gasteiger charge is 2.27. The maximum Gasteiger partial charge on any atom is 0.306 e. The number of nitrogens with zero attached hydrogens (tertiary/aromatic N) is 3. The van der Waals surface area contributed by atoms with Crippen LogP contribution in [0.1, 0.15) is 16.9 Å². The van der Waals surface area contributed by atoms with Crippen molar-refractivity contribution in [3.05, 3.63) is 47.2 Å². The quantitative estimate of drug-likeness (QED) is 0.910. The van der Waals surface area contributed by atoms with Crippen molar-refractivity contribution >= 4 is 23.5 Å². The van der Waals surface area contributed by atoms with E-state index in [1.165, 1.54) is 0 Å². The number of hydrogen-bond acceptors (Lipinski definition) is 4. The van der Waals surface area contributed by atoms with Crippen LogP contribution in [0, 0.1) is 0 Å². The van der Waals surface area contributed by atoms with E-state index in [2.05, 4.69) is 5.10 Å². The molecule has 3 rings (SSSR count). The molecular formula is C16H16ClN3O4. The Bertz CT molecular complexity index is 761. The number of carbonyl (C=O) groups is 2. The number of amides is 1. The number of carboxylic acids is 1. The van der Waals surface area contributed by atoms with Crippen LogP contribution in [0.5, 0.6) is 0 Å². The molecule has 1 aliphatic heterocycles. The van der Waals surface area contributed by atoms with Crippen LogP contribution < -0.4 is 0 Å². The number of carbonyl (C=O) groups excluding carboxylic acids is 1. The first-order valence-corrected chi connectivity index (χ1v) is 7.85. The summed E-state index contributed by atoms with van der Waals surface area (Å²) < 4.78 is 6.92. The van der Waals surface area contributed by atoms with E-state index >= 15 is 0 Å². The molecule has 8 heteroatoms. The van der Waals surface area contributed by atoms with Crippen molar-refractivity contribution in [1.29, 1.82) is 0 Å². The Hall–Kier alpha value is -2.38. The number of aromatic nitrogens is 2. The van der Waals surface area contributed by atoms with Crippen molar-refractivity contribution in [1.82, 2.24) is 14.7 Å². The number of aliphatic carboxylic acids is 1. The number of rotatable bonds is 4. The van der Waals surface area contributed by atoms with Crippen molar-refractivity contribution in [3.8, 4) is 5.69 Å². The lowest BCUT2D eigenvalue weighted by atomic mass is 10.2. The van der Waals surface area contributed by atoms with Crippen molar-refractivity contribution in [3.63, 3.8) is 0 Å². The van der Waals surface area contributed by atoms with E-state index in [4.69, 9.17) is 21.4 Å². The molecular weight excluding hydrogens is 334 g/mol. The van der Waals surface area contributed by atoms with Crippen LogP contribution in [-0.2, 0) is 9.53 Å². The van der Waals surface area contributed by atoms with Gasteiger partial charge in [0.1, 0.15) is 0 Å². The Morgan fingerprint density at radius 2 is 2.12 bits per heavy atom. The van der Waals surface area contributed by atoms with Crippen LogP contribution in [-0.4, -0.2) is 57.5 Å². The molecule has 2 aromatic rings. The van der Waals surface area contributed by atoms with E-state index in [0.29, 0.717) is 23.9 Å². The number of carboxylic acid groups (broad SMARTS) is 1. The van der Waals surface area contributed by atoms with Crippen molar-refractivity contribution in [2.24, 2.45) is 0 Å². The average Bonchev–Trinajstić information content (AvgIpc) is 3.04.